The van der Waals surface area contributed by atoms with Crippen LogP contribution in [0.15, 0.2) is 83.3 Å². The highest BCUT2D eigenvalue weighted by Crippen LogP contribution is 2.42. The standard InChI is InChI=1S/C35H31FN4O3S/c1-20(41)40(5)29-18-30-27(32(34(42)37-2)33(43-30)22-10-12-25(36)13-11-22)17-26(29)23-7-6-8-24(16-23)35-38-28-14-9-21(19-39(3)4)15-31(28)44-35/h6-18H,19H2,1-5H3,(H,37,42). The quantitative estimate of drug-likeness (QED) is 0.203. The molecule has 0 bridgehead atoms. The molecule has 0 fully saturated rings. The number of hydrogen-bond donors (Lipinski definition) is 1. The van der Waals surface area contributed by atoms with Crippen LogP contribution in [0.1, 0.15) is 22.8 Å². The van der Waals surface area contributed by atoms with Gasteiger partial charge in [0.15, 0.2) is 0 Å². The number of nitrogens with one attached hydrogen (secondary N) is 1. The van der Waals surface area contributed by atoms with Gasteiger partial charge in [0, 0.05) is 55.7 Å². The number of carbonyl (C=O) groups is 2. The predicted molar refractivity (Wildman–Crippen MR) is 176 cm³/mol. The number of halogens is 1. The van der Waals surface area contributed by atoms with E-state index in [1.54, 1.807) is 48.5 Å². The summed E-state index contributed by atoms with van der Waals surface area (Å²) < 4.78 is 21.1. The van der Waals surface area contributed by atoms with Gasteiger partial charge in [-0.3, -0.25) is 9.59 Å². The van der Waals surface area contributed by atoms with Gasteiger partial charge in [-0.2, -0.15) is 0 Å². The lowest BCUT2D eigenvalue weighted by Crippen LogP contribution is -2.23. The van der Waals surface area contributed by atoms with Crippen molar-refractivity contribution in [3.05, 3.63) is 95.8 Å². The summed E-state index contributed by atoms with van der Waals surface area (Å²) in [5.74, 6) is -0.553. The molecule has 2 heterocycles. The molecule has 0 radical (unpaired) electrons. The molecule has 0 aliphatic carbocycles. The number of fused-ring (bicyclic) bond motifs is 2. The van der Waals surface area contributed by atoms with Crippen molar-refractivity contribution in [3.63, 3.8) is 0 Å². The lowest BCUT2D eigenvalue weighted by molar-refractivity contribution is -0.116. The van der Waals surface area contributed by atoms with Gasteiger partial charge in [0.1, 0.15) is 22.2 Å². The molecule has 44 heavy (non-hydrogen) atoms. The highest BCUT2D eigenvalue weighted by molar-refractivity contribution is 7.21. The number of anilines is 1. The zero-order valence-corrected chi connectivity index (χ0v) is 25.9. The molecule has 0 atom stereocenters. The Morgan fingerprint density at radius 3 is 2.39 bits per heavy atom. The number of rotatable bonds is 7. The van der Waals surface area contributed by atoms with Crippen molar-refractivity contribution in [3.8, 4) is 33.0 Å². The van der Waals surface area contributed by atoms with Crippen LogP contribution in [0.25, 0.3) is 54.2 Å². The maximum Gasteiger partial charge on any atom is 0.255 e. The first kappa shape index (κ1) is 29.2. The Morgan fingerprint density at radius 1 is 0.932 bits per heavy atom. The molecule has 2 aromatic heterocycles. The molecule has 7 nitrogen and oxygen atoms in total. The number of thiazole rings is 1. The van der Waals surface area contributed by atoms with Crippen LogP contribution in [0.3, 0.4) is 0 Å². The molecular weight excluding hydrogens is 575 g/mol. The van der Waals surface area contributed by atoms with Crippen LogP contribution in [0, 0.1) is 5.82 Å². The second-order valence-electron chi connectivity index (χ2n) is 11.0. The van der Waals surface area contributed by atoms with E-state index in [1.165, 1.54) is 24.6 Å². The third-order valence-corrected chi connectivity index (χ3v) is 8.64. The van der Waals surface area contributed by atoms with Crippen molar-refractivity contribution in [2.24, 2.45) is 0 Å². The maximum absolute atomic E-state index is 13.7. The van der Waals surface area contributed by atoms with E-state index in [2.05, 4.69) is 34.5 Å². The number of benzene rings is 4. The third-order valence-electron chi connectivity index (χ3n) is 7.57. The molecular formula is C35H31FN4O3S. The number of amides is 2. The number of carbonyl (C=O) groups excluding carboxylic acids is 2. The minimum Gasteiger partial charge on any atom is -0.455 e. The van der Waals surface area contributed by atoms with E-state index < -0.39 is 0 Å². The molecule has 2 amide bonds. The normalized spacial score (nSPS) is 11.4. The molecule has 0 aliphatic heterocycles. The SMILES string of the molecule is CNC(=O)c1c(-c2ccc(F)cc2)oc2cc(N(C)C(C)=O)c(-c3cccc(-c4nc5ccc(CN(C)C)cc5s4)c3)cc12. The van der Waals surface area contributed by atoms with E-state index in [4.69, 9.17) is 9.40 Å². The lowest BCUT2D eigenvalue weighted by Gasteiger charge is -2.20. The van der Waals surface area contributed by atoms with Crippen molar-refractivity contribution in [2.75, 3.05) is 33.1 Å². The molecule has 222 valence electrons. The average Bonchev–Trinajstić information content (AvgIpc) is 3.61. The van der Waals surface area contributed by atoms with Crippen LogP contribution in [0.4, 0.5) is 10.1 Å². The van der Waals surface area contributed by atoms with Crippen LogP contribution in [-0.2, 0) is 11.3 Å². The van der Waals surface area contributed by atoms with Crippen molar-refractivity contribution in [2.45, 2.75) is 13.5 Å². The monoisotopic (exact) mass is 606 g/mol. The Labute approximate surface area is 258 Å². The van der Waals surface area contributed by atoms with Crippen molar-refractivity contribution >= 4 is 50.0 Å². The molecule has 0 unspecified atom stereocenters. The van der Waals surface area contributed by atoms with Gasteiger partial charge in [-0.05, 0) is 73.8 Å². The van der Waals surface area contributed by atoms with E-state index in [0.29, 0.717) is 33.5 Å². The predicted octanol–water partition coefficient (Wildman–Crippen LogP) is 7.59. The summed E-state index contributed by atoms with van der Waals surface area (Å²) in [5.41, 5.74) is 6.69. The Kier molecular flexibility index (Phi) is 7.75. The molecule has 9 heteroatoms. The fourth-order valence-corrected chi connectivity index (χ4v) is 6.37. The van der Waals surface area contributed by atoms with E-state index >= 15 is 0 Å². The molecule has 4 aromatic carbocycles. The largest absolute Gasteiger partial charge is 0.455 e. The van der Waals surface area contributed by atoms with Gasteiger partial charge in [0.25, 0.3) is 5.91 Å². The van der Waals surface area contributed by atoms with Gasteiger partial charge in [-0.25, -0.2) is 9.37 Å². The first-order valence-electron chi connectivity index (χ1n) is 14.1. The molecule has 0 saturated heterocycles. The van der Waals surface area contributed by atoms with Crippen LogP contribution in [0.5, 0.6) is 0 Å². The highest BCUT2D eigenvalue weighted by atomic mass is 32.1. The van der Waals surface area contributed by atoms with E-state index in [0.717, 1.165) is 38.5 Å². The Morgan fingerprint density at radius 2 is 1.68 bits per heavy atom. The first-order valence-corrected chi connectivity index (χ1v) is 14.9. The first-order chi connectivity index (χ1) is 21.1. The highest BCUT2D eigenvalue weighted by Gasteiger charge is 2.25. The summed E-state index contributed by atoms with van der Waals surface area (Å²) in [5, 5.41) is 4.18. The van der Waals surface area contributed by atoms with Gasteiger partial charge in [-0.1, -0.05) is 24.3 Å². The Balaban J connectivity index is 1.52. The average molecular weight is 607 g/mol. The fourth-order valence-electron chi connectivity index (χ4n) is 5.34. The zero-order chi connectivity index (χ0) is 31.1. The number of nitrogens with zero attached hydrogens (tertiary/aromatic N) is 3. The second kappa shape index (κ2) is 11.7. The Hall–Kier alpha value is -4.86. The van der Waals surface area contributed by atoms with Gasteiger partial charge >= 0.3 is 0 Å². The van der Waals surface area contributed by atoms with Crippen LogP contribution >= 0.6 is 11.3 Å². The number of aromatic nitrogens is 1. The molecule has 6 aromatic rings. The zero-order valence-electron chi connectivity index (χ0n) is 25.1. The van der Waals surface area contributed by atoms with Crippen LogP contribution in [-0.4, -0.2) is 49.9 Å². The topological polar surface area (TPSA) is 78.7 Å². The van der Waals surface area contributed by atoms with Crippen LogP contribution < -0.4 is 10.2 Å². The lowest BCUT2D eigenvalue weighted by atomic mass is 9.97. The maximum atomic E-state index is 13.7. The number of furan rings is 1. The van der Waals surface area contributed by atoms with Crippen molar-refractivity contribution in [1.82, 2.24) is 15.2 Å². The molecule has 0 aliphatic rings. The van der Waals surface area contributed by atoms with Gasteiger partial charge in [-0.15, -0.1) is 11.3 Å². The molecule has 6 rings (SSSR count). The van der Waals surface area contributed by atoms with E-state index in [9.17, 15) is 14.0 Å². The van der Waals surface area contributed by atoms with E-state index in [-0.39, 0.29) is 17.6 Å². The number of hydrogen-bond acceptors (Lipinski definition) is 6. The molecule has 0 saturated carbocycles. The van der Waals surface area contributed by atoms with Crippen LogP contribution in [0.2, 0.25) is 0 Å². The summed E-state index contributed by atoms with van der Waals surface area (Å²) in [4.78, 5) is 34.4. The van der Waals surface area contributed by atoms with Gasteiger partial charge in [0.05, 0.1) is 21.5 Å². The fraction of sp³-hybridized carbons (Fsp3) is 0.171. The Bertz CT molecular complexity index is 2050. The summed E-state index contributed by atoms with van der Waals surface area (Å²) in [6.45, 7) is 2.35. The van der Waals surface area contributed by atoms with Crippen molar-refractivity contribution < 1.29 is 18.4 Å². The molecule has 0 spiro atoms. The van der Waals surface area contributed by atoms with Crippen molar-refractivity contribution in [1.29, 1.82) is 0 Å². The third kappa shape index (κ3) is 5.47. The van der Waals surface area contributed by atoms with Gasteiger partial charge in [0.2, 0.25) is 5.91 Å². The minimum absolute atomic E-state index is 0.154. The summed E-state index contributed by atoms with van der Waals surface area (Å²) in [6, 6.07) is 23.8. The summed E-state index contributed by atoms with van der Waals surface area (Å²) >= 11 is 1.64. The smallest absolute Gasteiger partial charge is 0.255 e. The summed E-state index contributed by atoms with van der Waals surface area (Å²) in [7, 11) is 7.36. The summed E-state index contributed by atoms with van der Waals surface area (Å²) in [6.07, 6.45) is 0. The van der Waals surface area contributed by atoms with E-state index in [1.807, 2.05) is 38.4 Å². The molecule has 1 N–H and O–H groups in total. The van der Waals surface area contributed by atoms with Gasteiger partial charge < -0.3 is 19.5 Å². The minimum atomic E-state index is -0.388. The second-order valence-corrected chi connectivity index (χ2v) is 12.0.